The molecule has 17 heavy (non-hydrogen) atoms. The van der Waals surface area contributed by atoms with Gasteiger partial charge in [-0.25, -0.2) is 8.42 Å². The fraction of sp³-hybridized carbons (Fsp3) is 0. The predicted octanol–water partition coefficient (Wildman–Crippen LogP) is 2.99. The van der Waals surface area contributed by atoms with Crippen LogP contribution in [-0.4, -0.2) is 13.5 Å². The van der Waals surface area contributed by atoms with Crippen molar-refractivity contribution in [3.8, 4) is 16.9 Å². The van der Waals surface area contributed by atoms with E-state index in [-0.39, 0.29) is 10.6 Å². The summed E-state index contributed by atoms with van der Waals surface area (Å²) in [4.78, 5) is 0.0584. The first kappa shape index (κ1) is 12.0. The monoisotopic (exact) mass is 268 g/mol. The van der Waals surface area contributed by atoms with E-state index >= 15 is 0 Å². The number of phenols is 1. The minimum atomic E-state index is -3.69. The summed E-state index contributed by atoms with van der Waals surface area (Å²) in [6.07, 6.45) is 0. The van der Waals surface area contributed by atoms with Gasteiger partial charge in [0.05, 0.1) is 4.90 Å². The highest BCUT2D eigenvalue weighted by Crippen LogP contribution is 2.25. The van der Waals surface area contributed by atoms with Crippen molar-refractivity contribution in [2.24, 2.45) is 0 Å². The standard InChI is InChI=1S/C12H9ClO3S/c13-17(15,16)12-6-4-9(5-7-12)10-2-1-3-11(14)8-10/h1-8,14H. The molecule has 0 unspecified atom stereocenters. The van der Waals surface area contributed by atoms with Gasteiger partial charge >= 0.3 is 0 Å². The molecule has 0 bridgehead atoms. The van der Waals surface area contributed by atoms with Crippen LogP contribution in [-0.2, 0) is 9.05 Å². The lowest BCUT2D eigenvalue weighted by molar-refractivity contribution is 0.475. The summed E-state index contributed by atoms with van der Waals surface area (Å²) in [6, 6.07) is 12.9. The van der Waals surface area contributed by atoms with Gasteiger partial charge in [-0.1, -0.05) is 24.3 Å². The molecule has 88 valence electrons. The molecule has 2 rings (SSSR count). The zero-order valence-corrected chi connectivity index (χ0v) is 10.2. The van der Waals surface area contributed by atoms with E-state index in [0.717, 1.165) is 11.1 Å². The molecule has 0 spiro atoms. The Bertz CT molecular complexity index is 633. The first-order valence-corrected chi connectivity index (χ1v) is 7.12. The van der Waals surface area contributed by atoms with E-state index in [4.69, 9.17) is 10.7 Å². The van der Waals surface area contributed by atoms with Gasteiger partial charge in [0.2, 0.25) is 0 Å². The molecule has 0 aliphatic heterocycles. The summed E-state index contributed by atoms with van der Waals surface area (Å²) in [5, 5.41) is 9.34. The van der Waals surface area contributed by atoms with Crippen molar-refractivity contribution in [3.63, 3.8) is 0 Å². The van der Waals surface area contributed by atoms with Crippen LogP contribution in [0.3, 0.4) is 0 Å². The Labute approximate surface area is 104 Å². The second-order valence-electron chi connectivity index (χ2n) is 3.51. The largest absolute Gasteiger partial charge is 0.508 e. The van der Waals surface area contributed by atoms with Crippen molar-refractivity contribution < 1.29 is 13.5 Å². The average Bonchev–Trinajstić information content (AvgIpc) is 2.28. The van der Waals surface area contributed by atoms with Crippen LogP contribution in [0.1, 0.15) is 0 Å². The molecular formula is C12H9ClO3S. The lowest BCUT2D eigenvalue weighted by Crippen LogP contribution is -1.89. The zero-order chi connectivity index (χ0) is 12.5. The summed E-state index contributed by atoms with van der Waals surface area (Å²) in [6.45, 7) is 0. The topological polar surface area (TPSA) is 54.4 Å². The number of aromatic hydroxyl groups is 1. The summed E-state index contributed by atoms with van der Waals surface area (Å²) < 4.78 is 22.1. The van der Waals surface area contributed by atoms with Crippen LogP contribution < -0.4 is 0 Å². The van der Waals surface area contributed by atoms with Gasteiger partial charge in [-0.15, -0.1) is 0 Å². The molecule has 0 aliphatic rings. The third kappa shape index (κ3) is 2.78. The SMILES string of the molecule is O=S(=O)(Cl)c1ccc(-c2cccc(O)c2)cc1. The molecule has 0 saturated heterocycles. The van der Waals surface area contributed by atoms with Crippen molar-refractivity contribution in [2.45, 2.75) is 4.90 Å². The predicted molar refractivity (Wildman–Crippen MR) is 66.6 cm³/mol. The number of hydrogen-bond acceptors (Lipinski definition) is 3. The summed E-state index contributed by atoms with van der Waals surface area (Å²) >= 11 is 0. The highest BCUT2D eigenvalue weighted by Gasteiger charge is 2.09. The summed E-state index contributed by atoms with van der Waals surface area (Å²) in [5.41, 5.74) is 1.62. The van der Waals surface area contributed by atoms with Gasteiger partial charge in [0, 0.05) is 10.7 Å². The second kappa shape index (κ2) is 4.39. The minimum absolute atomic E-state index is 0.0584. The average molecular weight is 269 g/mol. The third-order valence-corrected chi connectivity index (χ3v) is 3.69. The van der Waals surface area contributed by atoms with Crippen LogP contribution in [0, 0.1) is 0 Å². The molecular weight excluding hydrogens is 260 g/mol. The van der Waals surface area contributed by atoms with Crippen LogP contribution in [0.5, 0.6) is 5.75 Å². The Morgan fingerprint density at radius 1 is 0.941 bits per heavy atom. The molecule has 0 radical (unpaired) electrons. The van der Waals surface area contributed by atoms with Crippen LogP contribution >= 0.6 is 10.7 Å². The Morgan fingerprint density at radius 3 is 2.12 bits per heavy atom. The zero-order valence-electron chi connectivity index (χ0n) is 8.67. The normalized spacial score (nSPS) is 11.4. The van der Waals surface area contributed by atoms with E-state index in [1.165, 1.54) is 12.1 Å². The summed E-state index contributed by atoms with van der Waals surface area (Å²) in [5.74, 6) is 0.163. The molecule has 0 fully saturated rings. The van der Waals surface area contributed by atoms with Crippen molar-refractivity contribution in [3.05, 3.63) is 48.5 Å². The van der Waals surface area contributed by atoms with E-state index in [1.54, 1.807) is 30.3 Å². The lowest BCUT2D eigenvalue weighted by Gasteiger charge is -2.03. The first-order valence-electron chi connectivity index (χ1n) is 4.81. The highest BCUT2D eigenvalue weighted by atomic mass is 35.7. The second-order valence-corrected chi connectivity index (χ2v) is 6.08. The number of benzene rings is 2. The molecule has 0 atom stereocenters. The molecule has 2 aromatic rings. The van der Waals surface area contributed by atoms with Crippen molar-refractivity contribution in [2.75, 3.05) is 0 Å². The first-order chi connectivity index (χ1) is 7.97. The molecule has 0 saturated carbocycles. The van der Waals surface area contributed by atoms with E-state index in [0.29, 0.717) is 0 Å². The third-order valence-electron chi connectivity index (χ3n) is 2.32. The smallest absolute Gasteiger partial charge is 0.261 e. The van der Waals surface area contributed by atoms with Gasteiger partial charge in [-0.2, -0.15) is 0 Å². The molecule has 0 heterocycles. The fourth-order valence-electron chi connectivity index (χ4n) is 1.50. The van der Waals surface area contributed by atoms with E-state index in [1.807, 2.05) is 6.07 Å². The van der Waals surface area contributed by atoms with Gasteiger partial charge < -0.3 is 5.11 Å². The number of phenolic OH excluding ortho intramolecular Hbond substituents is 1. The van der Waals surface area contributed by atoms with Crippen LogP contribution in [0.4, 0.5) is 0 Å². The maximum atomic E-state index is 11.1. The molecule has 1 N–H and O–H groups in total. The van der Waals surface area contributed by atoms with E-state index < -0.39 is 9.05 Å². The number of hydrogen-bond donors (Lipinski definition) is 1. The maximum absolute atomic E-state index is 11.1. The number of halogens is 1. The Morgan fingerprint density at radius 2 is 1.59 bits per heavy atom. The molecule has 0 amide bonds. The Hall–Kier alpha value is -1.52. The fourth-order valence-corrected chi connectivity index (χ4v) is 2.27. The maximum Gasteiger partial charge on any atom is 0.261 e. The van der Waals surface area contributed by atoms with Gasteiger partial charge in [-0.05, 0) is 35.4 Å². The molecule has 2 aromatic carbocycles. The molecule has 5 heteroatoms. The summed E-state index contributed by atoms with van der Waals surface area (Å²) in [7, 11) is 1.53. The van der Waals surface area contributed by atoms with Crippen molar-refractivity contribution in [1.29, 1.82) is 0 Å². The minimum Gasteiger partial charge on any atom is -0.508 e. The van der Waals surface area contributed by atoms with E-state index in [2.05, 4.69) is 0 Å². The van der Waals surface area contributed by atoms with Crippen LogP contribution in [0.15, 0.2) is 53.4 Å². The Balaban J connectivity index is 2.43. The molecule has 3 nitrogen and oxygen atoms in total. The van der Waals surface area contributed by atoms with Crippen LogP contribution in [0.2, 0.25) is 0 Å². The van der Waals surface area contributed by atoms with Crippen LogP contribution in [0.25, 0.3) is 11.1 Å². The quantitative estimate of drug-likeness (QED) is 0.852. The molecule has 0 aromatic heterocycles. The molecule has 0 aliphatic carbocycles. The highest BCUT2D eigenvalue weighted by molar-refractivity contribution is 8.13. The van der Waals surface area contributed by atoms with Gasteiger partial charge in [0.15, 0.2) is 0 Å². The number of rotatable bonds is 2. The van der Waals surface area contributed by atoms with E-state index in [9.17, 15) is 13.5 Å². The van der Waals surface area contributed by atoms with Gasteiger partial charge in [-0.3, -0.25) is 0 Å². The van der Waals surface area contributed by atoms with Crippen molar-refractivity contribution >= 4 is 19.7 Å². The Kier molecular flexibility index (Phi) is 3.09. The van der Waals surface area contributed by atoms with Gasteiger partial charge in [0.1, 0.15) is 5.75 Å². The van der Waals surface area contributed by atoms with Crippen molar-refractivity contribution in [1.82, 2.24) is 0 Å². The van der Waals surface area contributed by atoms with Gasteiger partial charge in [0.25, 0.3) is 9.05 Å². The lowest BCUT2D eigenvalue weighted by atomic mass is 10.1.